The molecule has 1 aliphatic carbocycles. The second-order valence-electron chi connectivity index (χ2n) is 4.37. The predicted octanol–water partition coefficient (Wildman–Crippen LogP) is 2.14. The van der Waals surface area contributed by atoms with Crippen LogP contribution in [-0.4, -0.2) is 23.8 Å². The number of hydrogen-bond donors (Lipinski definition) is 1. The molecule has 1 rings (SSSR count). The van der Waals surface area contributed by atoms with Crippen LogP contribution in [0.25, 0.3) is 0 Å². The first-order valence-corrected chi connectivity index (χ1v) is 5.32. The lowest BCUT2D eigenvalue weighted by atomic mass is 9.97. The third-order valence-corrected chi connectivity index (χ3v) is 2.84. The molecule has 0 aromatic heterocycles. The summed E-state index contributed by atoms with van der Waals surface area (Å²) >= 11 is 0. The normalized spacial score (nSPS) is 22.6. The van der Waals surface area contributed by atoms with Gasteiger partial charge in [-0.25, -0.2) is 4.79 Å². The molecular weight excluding hydrogens is 223 g/mol. The van der Waals surface area contributed by atoms with Crippen LogP contribution < -0.4 is 5.73 Å². The molecule has 1 saturated carbocycles. The van der Waals surface area contributed by atoms with Crippen LogP contribution >= 0.6 is 0 Å². The van der Waals surface area contributed by atoms with Crippen molar-refractivity contribution in [1.82, 2.24) is 0 Å². The number of carbonyl (C=O) groups excluding carboxylic acids is 1. The Bertz CT molecular complexity index is 257. The average Bonchev–Trinajstić information content (AvgIpc) is 2.17. The summed E-state index contributed by atoms with van der Waals surface area (Å²) in [5.41, 5.74) is 2.04. The van der Waals surface area contributed by atoms with Gasteiger partial charge < -0.3 is 10.5 Å². The van der Waals surface area contributed by atoms with Gasteiger partial charge in [-0.3, -0.25) is 0 Å². The van der Waals surface area contributed by atoms with Crippen LogP contribution in [0.4, 0.5) is 13.2 Å². The zero-order valence-electron chi connectivity index (χ0n) is 9.14. The molecule has 1 fully saturated rings. The van der Waals surface area contributed by atoms with Gasteiger partial charge in [0.15, 0.2) is 0 Å². The van der Waals surface area contributed by atoms with Gasteiger partial charge in [-0.05, 0) is 32.6 Å². The van der Waals surface area contributed by atoms with Crippen molar-refractivity contribution >= 4 is 5.97 Å². The highest BCUT2D eigenvalue weighted by Crippen LogP contribution is 2.30. The molecule has 0 aromatic carbocycles. The predicted molar refractivity (Wildman–Crippen MR) is 51.6 cm³/mol. The Kier molecular flexibility index (Phi) is 3.83. The minimum absolute atomic E-state index is 0.411. The standard InChI is InChI=1S/C10H16F3NO2/c1-9(14,10(11,12)13)8(15)16-7-5-3-2-4-6-7/h7H,2-6,14H2,1H3. The molecule has 1 aliphatic rings. The van der Waals surface area contributed by atoms with E-state index in [0.29, 0.717) is 19.8 Å². The first-order chi connectivity index (χ1) is 7.25. The summed E-state index contributed by atoms with van der Waals surface area (Å²) in [5, 5.41) is 0. The molecule has 0 aliphatic heterocycles. The number of hydrogen-bond acceptors (Lipinski definition) is 3. The molecule has 0 heterocycles. The first kappa shape index (κ1) is 13.3. The first-order valence-electron chi connectivity index (χ1n) is 5.32. The van der Waals surface area contributed by atoms with Gasteiger partial charge in [0.25, 0.3) is 0 Å². The summed E-state index contributed by atoms with van der Waals surface area (Å²) in [7, 11) is 0. The second-order valence-corrected chi connectivity index (χ2v) is 4.37. The lowest BCUT2D eigenvalue weighted by molar-refractivity contribution is -0.205. The maximum atomic E-state index is 12.4. The zero-order chi connectivity index (χ0) is 12.4. The van der Waals surface area contributed by atoms with Gasteiger partial charge in [0.05, 0.1) is 0 Å². The van der Waals surface area contributed by atoms with E-state index in [0.717, 1.165) is 19.3 Å². The van der Waals surface area contributed by atoms with Crippen LogP contribution in [0.3, 0.4) is 0 Å². The molecule has 0 aromatic rings. The molecule has 94 valence electrons. The molecule has 6 heteroatoms. The van der Waals surface area contributed by atoms with Gasteiger partial charge in [-0.2, -0.15) is 13.2 Å². The zero-order valence-corrected chi connectivity index (χ0v) is 9.14. The SMILES string of the molecule is CC(N)(C(=O)OC1CCCCC1)C(F)(F)F. The summed E-state index contributed by atoms with van der Waals surface area (Å²) < 4.78 is 42.0. The highest BCUT2D eigenvalue weighted by molar-refractivity contribution is 5.81. The highest BCUT2D eigenvalue weighted by Gasteiger charge is 2.55. The van der Waals surface area contributed by atoms with E-state index in [1.807, 2.05) is 0 Å². The van der Waals surface area contributed by atoms with Crippen molar-refractivity contribution in [1.29, 1.82) is 0 Å². The number of ether oxygens (including phenoxy) is 1. The van der Waals surface area contributed by atoms with Gasteiger partial charge in [0.1, 0.15) is 6.10 Å². The van der Waals surface area contributed by atoms with Crippen LogP contribution in [0.2, 0.25) is 0 Å². The molecule has 0 amide bonds. The minimum Gasteiger partial charge on any atom is -0.461 e. The third kappa shape index (κ3) is 2.87. The Labute approximate surface area is 92.1 Å². The summed E-state index contributed by atoms with van der Waals surface area (Å²) in [6, 6.07) is 0. The molecule has 1 atom stereocenters. The molecule has 0 radical (unpaired) electrons. The van der Waals surface area contributed by atoms with E-state index in [-0.39, 0.29) is 0 Å². The van der Waals surface area contributed by atoms with Crippen molar-refractivity contribution < 1.29 is 22.7 Å². The molecule has 2 N–H and O–H groups in total. The second kappa shape index (κ2) is 4.61. The minimum atomic E-state index is -4.78. The largest absolute Gasteiger partial charge is 0.461 e. The van der Waals surface area contributed by atoms with E-state index in [1.165, 1.54) is 0 Å². The maximum absolute atomic E-state index is 12.4. The van der Waals surface area contributed by atoms with Gasteiger partial charge >= 0.3 is 12.1 Å². The van der Waals surface area contributed by atoms with Gasteiger partial charge in [0, 0.05) is 0 Å². The number of halogens is 3. The van der Waals surface area contributed by atoms with E-state index in [4.69, 9.17) is 10.5 Å². The maximum Gasteiger partial charge on any atom is 0.416 e. The van der Waals surface area contributed by atoms with E-state index in [9.17, 15) is 18.0 Å². The van der Waals surface area contributed by atoms with Crippen molar-refractivity contribution in [2.75, 3.05) is 0 Å². The highest BCUT2D eigenvalue weighted by atomic mass is 19.4. The number of alkyl halides is 3. The summed E-state index contributed by atoms with van der Waals surface area (Å²) in [6.45, 7) is 0.637. The van der Waals surface area contributed by atoms with Gasteiger partial charge in [0.2, 0.25) is 5.54 Å². The van der Waals surface area contributed by atoms with Crippen molar-refractivity contribution in [2.45, 2.75) is 56.8 Å². The van der Waals surface area contributed by atoms with Crippen molar-refractivity contribution in [2.24, 2.45) is 5.73 Å². The third-order valence-electron chi connectivity index (χ3n) is 2.84. The molecule has 16 heavy (non-hydrogen) atoms. The fourth-order valence-corrected chi connectivity index (χ4v) is 1.57. The quantitative estimate of drug-likeness (QED) is 0.751. The number of carbonyl (C=O) groups is 1. The number of esters is 1. The van der Waals surface area contributed by atoms with Crippen molar-refractivity contribution in [3.63, 3.8) is 0 Å². The Morgan fingerprint density at radius 3 is 2.19 bits per heavy atom. The molecule has 1 unspecified atom stereocenters. The van der Waals surface area contributed by atoms with E-state index in [1.54, 1.807) is 0 Å². The van der Waals surface area contributed by atoms with Crippen molar-refractivity contribution in [3.05, 3.63) is 0 Å². The average molecular weight is 239 g/mol. The summed E-state index contributed by atoms with van der Waals surface area (Å²) in [6.07, 6.45) is -1.14. The van der Waals surface area contributed by atoms with E-state index >= 15 is 0 Å². The number of rotatable bonds is 2. The molecule has 0 bridgehead atoms. The van der Waals surface area contributed by atoms with Gasteiger partial charge in [-0.15, -0.1) is 0 Å². The molecule has 3 nitrogen and oxygen atoms in total. The van der Waals surface area contributed by atoms with Crippen LogP contribution in [-0.2, 0) is 9.53 Å². The van der Waals surface area contributed by atoms with Gasteiger partial charge in [-0.1, -0.05) is 6.42 Å². The fraction of sp³-hybridized carbons (Fsp3) is 0.900. The fourth-order valence-electron chi connectivity index (χ4n) is 1.57. The Balaban J connectivity index is 2.57. The molecular formula is C10H16F3NO2. The van der Waals surface area contributed by atoms with Crippen LogP contribution in [0.15, 0.2) is 0 Å². The van der Waals surface area contributed by atoms with Crippen LogP contribution in [0.5, 0.6) is 0 Å². The van der Waals surface area contributed by atoms with Crippen molar-refractivity contribution in [3.8, 4) is 0 Å². The van der Waals surface area contributed by atoms with E-state index in [2.05, 4.69) is 0 Å². The van der Waals surface area contributed by atoms with Crippen LogP contribution in [0.1, 0.15) is 39.0 Å². The lowest BCUT2D eigenvalue weighted by Gasteiger charge is -2.29. The summed E-state index contributed by atoms with van der Waals surface area (Å²) in [5.74, 6) is -1.38. The Hall–Kier alpha value is -0.780. The Morgan fingerprint density at radius 2 is 1.75 bits per heavy atom. The topological polar surface area (TPSA) is 52.3 Å². The number of nitrogens with two attached hydrogens (primary N) is 1. The van der Waals surface area contributed by atoms with E-state index < -0.39 is 23.8 Å². The Morgan fingerprint density at radius 1 is 1.25 bits per heavy atom. The smallest absolute Gasteiger partial charge is 0.416 e. The molecule has 0 saturated heterocycles. The van der Waals surface area contributed by atoms with Crippen LogP contribution in [0, 0.1) is 0 Å². The lowest BCUT2D eigenvalue weighted by Crippen LogP contribution is -2.58. The monoisotopic (exact) mass is 239 g/mol. The summed E-state index contributed by atoms with van der Waals surface area (Å²) in [4.78, 5) is 11.3. The molecule has 0 spiro atoms.